The fourth-order valence-corrected chi connectivity index (χ4v) is 2.85. The number of nitrogens with one attached hydrogen (secondary N) is 1. The van der Waals surface area contributed by atoms with Gasteiger partial charge in [0.1, 0.15) is 18.1 Å². The van der Waals surface area contributed by atoms with Crippen LogP contribution in [0, 0.1) is 6.92 Å². The van der Waals surface area contributed by atoms with Gasteiger partial charge in [-0.25, -0.2) is 4.79 Å². The molecule has 6 nitrogen and oxygen atoms in total. The summed E-state index contributed by atoms with van der Waals surface area (Å²) >= 11 is 5.90. The Morgan fingerprint density at radius 3 is 2.43 bits per heavy atom. The molecule has 2 N–H and O–H groups in total. The van der Waals surface area contributed by atoms with E-state index >= 15 is 0 Å². The highest BCUT2D eigenvalue weighted by Crippen LogP contribution is 2.25. The number of benzene rings is 3. The fraction of sp³-hybridized carbons (Fsp3) is 0.130. The van der Waals surface area contributed by atoms with Crippen molar-refractivity contribution >= 4 is 29.2 Å². The van der Waals surface area contributed by atoms with Gasteiger partial charge in [0.2, 0.25) is 0 Å². The van der Waals surface area contributed by atoms with E-state index in [2.05, 4.69) is 5.32 Å². The Morgan fingerprint density at radius 2 is 1.73 bits per heavy atom. The number of carboxylic acids is 1. The first-order valence-electron chi connectivity index (χ1n) is 9.15. The molecule has 0 aliphatic rings. The van der Waals surface area contributed by atoms with Gasteiger partial charge >= 0.3 is 5.97 Å². The van der Waals surface area contributed by atoms with Crippen LogP contribution in [0.5, 0.6) is 11.5 Å². The summed E-state index contributed by atoms with van der Waals surface area (Å²) in [7, 11) is 0. The van der Waals surface area contributed by atoms with Crippen LogP contribution in [0.25, 0.3) is 0 Å². The Balaban J connectivity index is 1.69. The van der Waals surface area contributed by atoms with Crippen molar-refractivity contribution in [2.45, 2.75) is 13.5 Å². The first kappa shape index (κ1) is 21.2. The molecule has 0 fully saturated rings. The molecular weight excluding hydrogens is 406 g/mol. The van der Waals surface area contributed by atoms with Crippen LogP contribution in [0.3, 0.4) is 0 Å². The summed E-state index contributed by atoms with van der Waals surface area (Å²) in [4.78, 5) is 23.4. The topological polar surface area (TPSA) is 84.9 Å². The zero-order valence-electron chi connectivity index (χ0n) is 16.2. The standard InChI is InChI=1S/C23H20ClNO5/c1-15-12-18(29-14-22(26)27)10-11-20(15)25-23(28)19-4-2-3-5-21(19)30-13-16-6-8-17(24)9-7-16/h2-12H,13-14H2,1H3,(H,25,28)(H,26,27). The Kier molecular flexibility index (Phi) is 6.93. The van der Waals surface area contributed by atoms with Crippen molar-refractivity contribution in [1.29, 1.82) is 0 Å². The Bertz CT molecular complexity index is 1050. The summed E-state index contributed by atoms with van der Waals surface area (Å²) in [5, 5.41) is 12.2. The Hall–Kier alpha value is -3.51. The van der Waals surface area contributed by atoms with Gasteiger partial charge in [-0.05, 0) is 60.5 Å². The van der Waals surface area contributed by atoms with Crippen molar-refractivity contribution in [3.63, 3.8) is 0 Å². The number of halogens is 1. The molecule has 0 radical (unpaired) electrons. The van der Waals surface area contributed by atoms with Crippen molar-refractivity contribution < 1.29 is 24.2 Å². The van der Waals surface area contributed by atoms with E-state index in [0.717, 1.165) is 11.1 Å². The maximum atomic E-state index is 12.8. The molecule has 0 unspecified atom stereocenters. The number of hydrogen-bond donors (Lipinski definition) is 2. The third-order valence-electron chi connectivity index (χ3n) is 4.25. The van der Waals surface area contributed by atoms with Crippen molar-refractivity contribution in [2.75, 3.05) is 11.9 Å². The smallest absolute Gasteiger partial charge is 0.341 e. The average Bonchev–Trinajstić information content (AvgIpc) is 2.73. The van der Waals surface area contributed by atoms with Gasteiger partial charge in [-0.15, -0.1) is 0 Å². The highest BCUT2D eigenvalue weighted by molar-refractivity contribution is 6.30. The van der Waals surface area contributed by atoms with Crippen molar-refractivity contribution in [3.05, 3.63) is 88.4 Å². The number of aliphatic carboxylic acids is 1. The number of rotatable bonds is 8. The van der Waals surface area contributed by atoms with Gasteiger partial charge in [0, 0.05) is 10.7 Å². The second kappa shape index (κ2) is 9.80. The van der Waals surface area contributed by atoms with Crippen LogP contribution in [-0.4, -0.2) is 23.6 Å². The summed E-state index contributed by atoms with van der Waals surface area (Å²) in [6.07, 6.45) is 0. The number of carbonyl (C=O) groups excluding carboxylic acids is 1. The number of para-hydroxylation sites is 1. The van der Waals surface area contributed by atoms with Crippen molar-refractivity contribution in [1.82, 2.24) is 0 Å². The van der Waals surface area contributed by atoms with Crippen molar-refractivity contribution in [2.24, 2.45) is 0 Å². The summed E-state index contributed by atoms with van der Waals surface area (Å²) in [5.74, 6) is -0.493. The monoisotopic (exact) mass is 425 g/mol. The third-order valence-corrected chi connectivity index (χ3v) is 4.50. The summed E-state index contributed by atoms with van der Waals surface area (Å²) < 4.78 is 11.0. The number of carboxylic acid groups (broad SMARTS) is 1. The molecule has 0 aromatic heterocycles. The highest BCUT2D eigenvalue weighted by Gasteiger charge is 2.14. The molecule has 0 saturated heterocycles. The zero-order valence-corrected chi connectivity index (χ0v) is 17.0. The molecule has 0 saturated carbocycles. The predicted octanol–water partition coefficient (Wildman–Crippen LogP) is 4.94. The van der Waals surface area contributed by atoms with Crippen LogP contribution in [-0.2, 0) is 11.4 Å². The molecule has 154 valence electrons. The van der Waals surface area contributed by atoms with Crippen LogP contribution in [0.15, 0.2) is 66.7 Å². The summed E-state index contributed by atoms with van der Waals surface area (Å²) in [6.45, 7) is 1.67. The molecule has 7 heteroatoms. The molecule has 3 rings (SSSR count). The number of hydrogen-bond acceptors (Lipinski definition) is 4. The molecule has 0 aliphatic carbocycles. The molecule has 1 amide bonds. The molecule has 0 aliphatic heterocycles. The minimum atomic E-state index is -1.06. The average molecular weight is 426 g/mol. The van der Waals surface area contributed by atoms with Gasteiger partial charge in [0.25, 0.3) is 5.91 Å². The van der Waals surface area contributed by atoms with Crippen LogP contribution < -0.4 is 14.8 Å². The largest absolute Gasteiger partial charge is 0.488 e. The third kappa shape index (κ3) is 5.75. The van der Waals surface area contributed by atoms with Gasteiger partial charge in [0.15, 0.2) is 6.61 Å². The van der Waals surface area contributed by atoms with E-state index in [-0.39, 0.29) is 5.91 Å². The SMILES string of the molecule is Cc1cc(OCC(=O)O)ccc1NC(=O)c1ccccc1OCc1ccc(Cl)cc1. The van der Waals surface area contributed by atoms with E-state index in [0.29, 0.717) is 34.4 Å². The molecule has 0 heterocycles. The molecule has 0 spiro atoms. The quantitative estimate of drug-likeness (QED) is 0.533. The number of ether oxygens (including phenoxy) is 2. The second-order valence-corrected chi connectivity index (χ2v) is 6.96. The Morgan fingerprint density at radius 1 is 1.00 bits per heavy atom. The second-order valence-electron chi connectivity index (χ2n) is 6.52. The lowest BCUT2D eigenvalue weighted by Gasteiger charge is -2.14. The minimum absolute atomic E-state index is 0.302. The summed E-state index contributed by atoms with van der Waals surface area (Å²) in [6, 6.07) is 19.2. The van der Waals surface area contributed by atoms with E-state index in [1.165, 1.54) is 0 Å². The van der Waals surface area contributed by atoms with E-state index in [1.807, 2.05) is 12.1 Å². The van der Waals surface area contributed by atoms with E-state index in [9.17, 15) is 9.59 Å². The fourth-order valence-electron chi connectivity index (χ4n) is 2.72. The van der Waals surface area contributed by atoms with Crippen LogP contribution >= 0.6 is 11.6 Å². The first-order chi connectivity index (χ1) is 14.4. The zero-order chi connectivity index (χ0) is 21.5. The molecule has 30 heavy (non-hydrogen) atoms. The lowest BCUT2D eigenvalue weighted by molar-refractivity contribution is -0.139. The number of amides is 1. The van der Waals surface area contributed by atoms with Crippen LogP contribution in [0.2, 0.25) is 5.02 Å². The number of anilines is 1. The van der Waals surface area contributed by atoms with E-state index < -0.39 is 12.6 Å². The maximum Gasteiger partial charge on any atom is 0.341 e. The molecular formula is C23H20ClNO5. The lowest BCUT2D eigenvalue weighted by Crippen LogP contribution is -2.14. The first-order valence-corrected chi connectivity index (χ1v) is 9.53. The van der Waals surface area contributed by atoms with Gasteiger partial charge < -0.3 is 19.9 Å². The molecule has 0 atom stereocenters. The maximum absolute atomic E-state index is 12.8. The van der Waals surface area contributed by atoms with Gasteiger partial charge in [-0.3, -0.25) is 4.79 Å². The van der Waals surface area contributed by atoms with Crippen molar-refractivity contribution in [3.8, 4) is 11.5 Å². The highest BCUT2D eigenvalue weighted by atomic mass is 35.5. The normalized spacial score (nSPS) is 10.3. The van der Waals surface area contributed by atoms with Gasteiger partial charge in [0.05, 0.1) is 5.56 Å². The molecule has 0 bridgehead atoms. The number of carbonyl (C=O) groups is 2. The summed E-state index contributed by atoms with van der Waals surface area (Å²) in [5.41, 5.74) is 2.67. The predicted molar refractivity (Wildman–Crippen MR) is 114 cm³/mol. The van der Waals surface area contributed by atoms with E-state index in [1.54, 1.807) is 61.5 Å². The molecule has 3 aromatic carbocycles. The lowest BCUT2D eigenvalue weighted by atomic mass is 10.1. The van der Waals surface area contributed by atoms with Gasteiger partial charge in [-0.1, -0.05) is 35.9 Å². The molecule has 3 aromatic rings. The number of aryl methyl sites for hydroxylation is 1. The Labute approximate surface area is 179 Å². The van der Waals surface area contributed by atoms with E-state index in [4.69, 9.17) is 26.2 Å². The van der Waals surface area contributed by atoms with Crippen LogP contribution in [0.1, 0.15) is 21.5 Å². The van der Waals surface area contributed by atoms with Crippen LogP contribution in [0.4, 0.5) is 5.69 Å². The minimum Gasteiger partial charge on any atom is -0.488 e. The van der Waals surface area contributed by atoms with Gasteiger partial charge in [-0.2, -0.15) is 0 Å².